The molecule has 0 aromatic rings. The summed E-state index contributed by atoms with van der Waals surface area (Å²) >= 11 is 0. The molecule has 1 unspecified atom stereocenters. The molecule has 0 aromatic carbocycles. The fourth-order valence-corrected chi connectivity index (χ4v) is 1.29. The quantitative estimate of drug-likeness (QED) is 0.628. The number of hydrogen-bond acceptors (Lipinski definition) is 1. The van der Waals surface area contributed by atoms with Gasteiger partial charge in [0.15, 0.2) is 0 Å². The standard InChI is InChI=1S/C11H25N/c1-8-11(5,6)10(4)12(7)9(2)3/h9-10H,8H2,1-7H3. The van der Waals surface area contributed by atoms with Gasteiger partial charge in [-0.2, -0.15) is 0 Å². The zero-order valence-corrected chi connectivity index (χ0v) is 9.81. The van der Waals surface area contributed by atoms with Crippen LogP contribution in [0.3, 0.4) is 0 Å². The summed E-state index contributed by atoms with van der Waals surface area (Å²) in [6, 6.07) is 1.30. The van der Waals surface area contributed by atoms with E-state index in [0.717, 1.165) is 0 Å². The van der Waals surface area contributed by atoms with E-state index in [1.807, 2.05) is 0 Å². The molecule has 0 saturated heterocycles. The minimum atomic E-state index is 0.430. The number of nitrogens with zero attached hydrogens (tertiary/aromatic N) is 1. The number of rotatable bonds is 4. The van der Waals surface area contributed by atoms with Crippen molar-refractivity contribution in [1.29, 1.82) is 0 Å². The lowest BCUT2D eigenvalue weighted by atomic mass is 9.82. The van der Waals surface area contributed by atoms with Gasteiger partial charge in [0, 0.05) is 12.1 Å². The maximum Gasteiger partial charge on any atom is 0.0118 e. The molecule has 0 aromatic heterocycles. The van der Waals surface area contributed by atoms with Gasteiger partial charge in [0.1, 0.15) is 0 Å². The molecule has 0 amide bonds. The van der Waals surface area contributed by atoms with E-state index < -0.39 is 0 Å². The van der Waals surface area contributed by atoms with Gasteiger partial charge in [0.2, 0.25) is 0 Å². The smallest absolute Gasteiger partial charge is 0.0118 e. The molecule has 1 atom stereocenters. The second kappa shape index (κ2) is 4.27. The highest BCUT2D eigenvalue weighted by molar-refractivity contribution is 4.81. The summed E-state index contributed by atoms with van der Waals surface area (Å²) in [5.74, 6) is 0. The van der Waals surface area contributed by atoms with Gasteiger partial charge >= 0.3 is 0 Å². The van der Waals surface area contributed by atoms with E-state index >= 15 is 0 Å². The van der Waals surface area contributed by atoms with Gasteiger partial charge in [-0.1, -0.05) is 20.8 Å². The third-order valence-corrected chi connectivity index (χ3v) is 3.47. The van der Waals surface area contributed by atoms with Crippen molar-refractivity contribution in [2.75, 3.05) is 7.05 Å². The molecule has 0 aliphatic heterocycles. The molecule has 0 fully saturated rings. The van der Waals surface area contributed by atoms with Crippen LogP contribution in [0.4, 0.5) is 0 Å². The van der Waals surface area contributed by atoms with Crippen molar-refractivity contribution in [1.82, 2.24) is 4.90 Å². The first-order chi connectivity index (χ1) is 5.33. The molecule has 0 saturated carbocycles. The van der Waals surface area contributed by atoms with E-state index in [1.54, 1.807) is 0 Å². The normalized spacial score (nSPS) is 15.8. The molecule has 0 heterocycles. The lowest BCUT2D eigenvalue weighted by Gasteiger charge is -2.39. The van der Waals surface area contributed by atoms with Crippen molar-refractivity contribution in [3.8, 4) is 0 Å². The maximum atomic E-state index is 2.45. The maximum absolute atomic E-state index is 2.45. The molecule has 0 radical (unpaired) electrons. The molecule has 1 heteroatoms. The fourth-order valence-electron chi connectivity index (χ4n) is 1.29. The first kappa shape index (κ1) is 12.0. The van der Waals surface area contributed by atoms with Gasteiger partial charge in [0.05, 0.1) is 0 Å². The number of hydrogen-bond donors (Lipinski definition) is 0. The highest BCUT2D eigenvalue weighted by Crippen LogP contribution is 2.28. The van der Waals surface area contributed by atoms with Crippen molar-refractivity contribution >= 4 is 0 Å². The predicted molar refractivity (Wildman–Crippen MR) is 56.4 cm³/mol. The summed E-state index contributed by atoms with van der Waals surface area (Å²) < 4.78 is 0. The Kier molecular flexibility index (Phi) is 4.25. The average Bonchev–Trinajstić information content (AvgIpc) is 2.01. The van der Waals surface area contributed by atoms with Crippen LogP contribution in [0.5, 0.6) is 0 Å². The Hall–Kier alpha value is -0.0400. The lowest BCUT2D eigenvalue weighted by Crippen LogP contribution is -2.44. The zero-order valence-electron chi connectivity index (χ0n) is 9.81. The fraction of sp³-hybridized carbons (Fsp3) is 1.00. The lowest BCUT2D eigenvalue weighted by molar-refractivity contribution is 0.0958. The SMILES string of the molecule is CCC(C)(C)C(C)N(C)C(C)C. The van der Waals surface area contributed by atoms with E-state index in [9.17, 15) is 0 Å². The molecule has 0 aliphatic carbocycles. The minimum Gasteiger partial charge on any atom is -0.301 e. The Labute approximate surface area is 78.1 Å². The van der Waals surface area contributed by atoms with Crippen LogP contribution in [-0.4, -0.2) is 24.0 Å². The molecule has 12 heavy (non-hydrogen) atoms. The molecular weight excluding hydrogens is 146 g/mol. The predicted octanol–water partition coefficient (Wildman–Crippen LogP) is 3.15. The van der Waals surface area contributed by atoms with Crippen molar-refractivity contribution in [3.63, 3.8) is 0 Å². The van der Waals surface area contributed by atoms with Crippen LogP contribution >= 0.6 is 0 Å². The van der Waals surface area contributed by atoms with Gasteiger partial charge < -0.3 is 4.90 Å². The highest BCUT2D eigenvalue weighted by Gasteiger charge is 2.27. The highest BCUT2D eigenvalue weighted by atomic mass is 15.2. The molecule has 0 aliphatic rings. The van der Waals surface area contributed by atoms with Crippen LogP contribution in [0.15, 0.2) is 0 Å². The summed E-state index contributed by atoms with van der Waals surface area (Å²) in [7, 11) is 2.22. The van der Waals surface area contributed by atoms with Crippen LogP contribution in [0.2, 0.25) is 0 Å². The molecular formula is C11H25N. The summed E-state index contributed by atoms with van der Waals surface area (Å²) in [4.78, 5) is 2.45. The Morgan fingerprint density at radius 3 is 1.83 bits per heavy atom. The first-order valence-corrected chi connectivity index (χ1v) is 5.04. The molecule has 0 bridgehead atoms. The van der Waals surface area contributed by atoms with Gasteiger partial charge in [0.25, 0.3) is 0 Å². The summed E-state index contributed by atoms with van der Waals surface area (Å²) in [6.07, 6.45) is 1.24. The summed E-state index contributed by atoms with van der Waals surface area (Å²) in [6.45, 7) is 13.8. The van der Waals surface area contributed by atoms with Crippen LogP contribution < -0.4 is 0 Å². The zero-order chi connectivity index (χ0) is 9.94. The van der Waals surface area contributed by atoms with Crippen molar-refractivity contribution < 1.29 is 0 Å². The van der Waals surface area contributed by atoms with Gasteiger partial charge in [-0.15, -0.1) is 0 Å². The largest absolute Gasteiger partial charge is 0.301 e. The second-order valence-electron chi connectivity index (χ2n) is 4.78. The van der Waals surface area contributed by atoms with Crippen LogP contribution in [-0.2, 0) is 0 Å². The third-order valence-electron chi connectivity index (χ3n) is 3.47. The van der Waals surface area contributed by atoms with E-state index in [2.05, 4.69) is 53.5 Å². The molecule has 0 spiro atoms. The minimum absolute atomic E-state index is 0.430. The van der Waals surface area contributed by atoms with Crippen LogP contribution in [0, 0.1) is 5.41 Å². The topological polar surface area (TPSA) is 3.24 Å². The third kappa shape index (κ3) is 2.78. The first-order valence-electron chi connectivity index (χ1n) is 5.04. The Balaban J connectivity index is 4.27. The van der Waals surface area contributed by atoms with E-state index in [0.29, 0.717) is 17.5 Å². The molecule has 0 N–H and O–H groups in total. The molecule has 74 valence electrons. The Bertz CT molecular complexity index is 127. The van der Waals surface area contributed by atoms with E-state index in [4.69, 9.17) is 0 Å². The van der Waals surface area contributed by atoms with Gasteiger partial charge in [-0.05, 0) is 39.7 Å². The van der Waals surface area contributed by atoms with E-state index in [1.165, 1.54) is 6.42 Å². The second-order valence-corrected chi connectivity index (χ2v) is 4.78. The van der Waals surface area contributed by atoms with Gasteiger partial charge in [-0.25, -0.2) is 0 Å². The van der Waals surface area contributed by atoms with E-state index in [-0.39, 0.29) is 0 Å². The van der Waals surface area contributed by atoms with Gasteiger partial charge in [-0.3, -0.25) is 0 Å². The van der Waals surface area contributed by atoms with Crippen LogP contribution in [0.25, 0.3) is 0 Å². The van der Waals surface area contributed by atoms with Crippen molar-refractivity contribution in [3.05, 3.63) is 0 Å². The molecule has 0 rings (SSSR count). The Morgan fingerprint density at radius 1 is 1.17 bits per heavy atom. The average molecular weight is 171 g/mol. The van der Waals surface area contributed by atoms with Crippen molar-refractivity contribution in [2.45, 2.75) is 60.0 Å². The Morgan fingerprint density at radius 2 is 1.58 bits per heavy atom. The summed E-state index contributed by atoms with van der Waals surface area (Å²) in [5.41, 5.74) is 0.430. The monoisotopic (exact) mass is 171 g/mol. The van der Waals surface area contributed by atoms with Crippen LogP contribution in [0.1, 0.15) is 48.0 Å². The van der Waals surface area contributed by atoms with Crippen molar-refractivity contribution in [2.24, 2.45) is 5.41 Å². The summed E-state index contributed by atoms with van der Waals surface area (Å²) in [5, 5.41) is 0. The molecule has 1 nitrogen and oxygen atoms in total.